The van der Waals surface area contributed by atoms with Crippen LogP contribution in [0.25, 0.3) is 11.0 Å². The van der Waals surface area contributed by atoms with Gasteiger partial charge in [-0.2, -0.15) is 0 Å². The number of para-hydroxylation sites is 1. The lowest BCUT2D eigenvalue weighted by Gasteiger charge is -2.21. The lowest BCUT2D eigenvalue weighted by Crippen LogP contribution is -2.30. The molecule has 144 valence electrons. The minimum Gasteiger partial charge on any atom is -0.503 e. The molecule has 0 saturated carbocycles. The highest BCUT2D eigenvalue weighted by Gasteiger charge is 2.48. The Bertz CT molecular complexity index is 1260. The molecule has 1 aromatic carbocycles. The summed E-state index contributed by atoms with van der Waals surface area (Å²) in [6, 6.07) is 11.0. The molecule has 1 unspecified atom stereocenters. The van der Waals surface area contributed by atoms with Gasteiger partial charge in [-0.05, 0) is 40.2 Å². The quantitative estimate of drug-likeness (QED) is 0.438. The van der Waals surface area contributed by atoms with Crippen LogP contribution < -0.4 is 4.90 Å². The number of hydrogen-bond acceptors (Lipinski definition) is 8. The third-order valence-electron chi connectivity index (χ3n) is 4.52. The predicted molar refractivity (Wildman–Crippen MR) is 107 cm³/mol. The van der Waals surface area contributed by atoms with Gasteiger partial charge in [-0.15, -0.1) is 10.2 Å². The van der Waals surface area contributed by atoms with Gasteiger partial charge in [-0.25, -0.2) is 0 Å². The van der Waals surface area contributed by atoms with Crippen molar-refractivity contribution in [3.05, 3.63) is 75.5 Å². The van der Waals surface area contributed by atoms with Crippen molar-refractivity contribution in [2.75, 3.05) is 4.90 Å². The first-order valence-electron chi connectivity index (χ1n) is 8.36. The average Bonchev–Trinajstić information content (AvgIpc) is 3.48. The van der Waals surface area contributed by atoms with Gasteiger partial charge in [0.05, 0.1) is 5.57 Å². The van der Waals surface area contributed by atoms with E-state index >= 15 is 0 Å². The van der Waals surface area contributed by atoms with E-state index in [1.165, 1.54) is 10.4 Å². The number of anilines is 1. The molecule has 1 aliphatic rings. The second-order valence-corrected chi connectivity index (χ2v) is 7.77. The van der Waals surface area contributed by atoms with Gasteiger partial charge in [0.1, 0.15) is 22.9 Å². The molecule has 0 aliphatic carbocycles. The van der Waals surface area contributed by atoms with Crippen molar-refractivity contribution >= 4 is 55.1 Å². The molecule has 1 atom stereocenters. The van der Waals surface area contributed by atoms with Crippen molar-refractivity contribution in [3.8, 4) is 0 Å². The first-order valence-corrected chi connectivity index (χ1v) is 10.0. The number of hydrogen-bond donors (Lipinski definition) is 1. The Morgan fingerprint density at radius 3 is 2.72 bits per heavy atom. The molecule has 8 nitrogen and oxygen atoms in total. The molecule has 3 aromatic heterocycles. The second-order valence-electron chi connectivity index (χ2n) is 6.18. The molecule has 1 amide bonds. The van der Waals surface area contributed by atoms with Gasteiger partial charge in [0.25, 0.3) is 5.91 Å². The molecular weight excluding hydrogens is 462 g/mol. The van der Waals surface area contributed by atoms with E-state index in [4.69, 9.17) is 8.83 Å². The number of aliphatic hydroxyl groups is 1. The summed E-state index contributed by atoms with van der Waals surface area (Å²) in [5.41, 5.74) is 1.83. The van der Waals surface area contributed by atoms with Crippen LogP contribution in [0, 0.1) is 0 Å². The Morgan fingerprint density at radius 2 is 2.03 bits per heavy atom. The SMILES string of the molecule is O=C(C1=C(O)C(=O)N(c2nncs2)C1c1ccc(Br)o1)c1cc2ccccc2o1. The van der Waals surface area contributed by atoms with E-state index < -0.39 is 23.5 Å². The fraction of sp³-hybridized carbons (Fsp3) is 0.0526. The topological polar surface area (TPSA) is 110 Å². The highest BCUT2D eigenvalue weighted by molar-refractivity contribution is 9.10. The summed E-state index contributed by atoms with van der Waals surface area (Å²) in [7, 11) is 0. The molecule has 0 fully saturated rings. The summed E-state index contributed by atoms with van der Waals surface area (Å²) < 4.78 is 11.7. The number of aromatic nitrogens is 2. The molecule has 0 bridgehead atoms. The number of fused-ring (bicyclic) bond motifs is 1. The fourth-order valence-corrected chi connectivity index (χ4v) is 4.18. The number of halogens is 1. The van der Waals surface area contributed by atoms with Crippen LogP contribution in [-0.2, 0) is 4.79 Å². The highest BCUT2D eigenvalue weighted by Crippen LogP contribution is 2.43. The standard InChI is InChI=1S/C19H10BrN3O5S/c20-13-6-5-11(28-13)15-14(17(25)18(26)23(15)19-22-21-8-29-19)16(24)12-7-9-3-1-2-4-10(9)27-12/h1-8,15,25H. The molecule has 0 spiro atoms. The van der Waals surface area contributed by atoms with Gasteiger partial charge in [0.15, 0.2) is 16.2 Å². The van der Waals surface area contributed by atoms with Crippen LogP contribution in [0.15, 0.2) is 72.8 Å². The van der Waals surface area contributed by atoms with Gasteiger partial charge in [-0.1, -0.05) is 29.5 Å². The number of aliphatic hydroxyl groups excluding tert-OH is 1. The summed E-state index contributed by atoms with van der Waals surface area (Å²) in [4.78, 5) is 27.3. The predicted octanol–water partition coefficient (Wildman–Crippen LogP) is 4.42. The summed E-state index contributed by atoms with van der Waals surface area (Å²) in [5, 5.41) is 19.2. The zero-order valence-electron chi connectivity index (χ0n) is 14.4. The van der Waals surface area contributed by atoms with Crippen molar-refractivity contribution < 1.29 is 23.5 Å². The molecule has 10 heteroatoms. The maximum Gasteiger partial charge on any atom is 0.296 e. The number of amides is 1. The summed E-state index contributed by atoms with van der Waals surface area (Å²) in [6.07, 6.45) is 0. The van der Waals surface area contributed by atoms with E-state index in [1.807, 2.05) is 6.07 Å². The van der Waals surface area contributed by atoms with E-state index in [2.05, 4.69) is 26.1 Å². The van der Waals surface area contributed by atoms with Crippen molar-refractivity contribution in [2.45, 2.75) is 6.04 Å². The maximum absolute atomic E-state index is 13.3. The van der Waals surface area contributed by atoms with E-state index in [1.54, 1.807) is 36.4 Å². The lowest BCUT2D eigenvalue weighted by molar-refractivity contribution is -0.117. The van der Waals surface area contributed by atoms with Crippen LogP contribution in [0.4, 0.5) is 5.13 Å². The number of nitrogens with zero attached hydrogens (tertiary/aromatic N) is 3. The number of furan rings is 2. The van der Waals surface area contributed by atoms with Crippen LogP contribution in [-0.4, -0.2) is 27.0 Å². The molecule has 1 N–H and O–H groups in total. The molecule has 5 rings (SSSR count). The average molecular weight is 472 g/mol. The number of rotatable bonds is 4. The Kier molecular flexibility index (Phi) is 4.10. The summed E-state index contributed by atoms with van der Waals surface area (Å²) in [5.74, 6) is -1.77. The third kappa shape index (κ3) is 2.79. The van der Waals surface area contributed by atoms with E-state index in [9.17, 15) is 14.7 Å². The smallest absolute Gasteiger partial charge is 0.296 e. The van der Waals surface area contributed by atoms with Crippen molar-refractivity contribution in [1.82, 2.24) is 10.2 Å². The van der Waals surface area contributed by atoms with Gasteiger partial charge in [0, 0.05) is 5.39 Å². The van der Waals surface area contributed by atoms with Crippen LogP contribution in [0.3, 0.4) is 0 Å². The number of ketones is 1. The fourth-order valence-electron chi connectivity index (χ4n) is 3.28. The van der Waals surface area contributed by atoms with Crippen LogP contribution in [0.5, 0.6) is 0 Å². The van der Waals surface area contributed by atoms with Gasteiger partial charge in [-0.3, -0.25) is 14.5 Å². The molecule has 4 heterocycles. The van der Waals surface area contributed by atoms with E-state index in [0.29, 0.717) is 10.3 Å². The van der Waals surface area contributed by atoms with Crippen LogP contribution in [0.1, 0.15) is 22.4 Å². The number of carbonyl (C=O) groups excluding carboxylic acids is 2. The largest absolute Gasteiger partial charge is 0.503 e. The van der Waals surface area contributed by atoms with Crippen molar-refractivity contribution in [3.63, 3.8) is 0 Å². The zero-order chi connectivity index (χ0) is 20.1. The summed E-state index contributed by atoms with van der Waals surface area (Å²) >= 11 is 4.33. The van der Waals surface area contributed by atoms with E-state index in [0.717, 1.165) is 16.7 Å². The Labute approximate surface area is 175 Å². The number of carbonyl (C=O) groups is 2. The third-order valence-corrected chi connectivity index (χ3v) is 5.64. The van der Waals surface area contributed by atoms with Crippen LogP contribution >= 0.6 is 27.3 Å². The molecule has 0 radical (unpaired) electrons. The first-order chi connectivity index (χ1) is 14.0. The van der Waals surface area contributed by atoms with Crippen LogP contribution in [0.2, 0.25) is 0 Å². The molecule has 0 saturated heterocycles. The summed E-state index contributed by atoms with van der Waals surface area (Å²) in [6.45, 7) is 0. The minimum atomic E-state index is -1.01. The Balaban J connectivity index is 1.66. The zero-order valence-corrected chi connectivity index (χ0v) is 16.8. The van der Waals surface area contributed by atoms with E-state index in [-0.39, 0.29) is 22.2 Å². The van der Waals surface area contributed by atoms with Gasteiger partial charge < -0.3 is 13.9 Å². The monoisotopic (exact) mass is 471 g/mol. The molecule has 4 aromatic rings. The van der Waals surface area contributed by atoms with Gasteiger partial charge in [0.2, 0.25) is 10.9 Å². The number of benzene rings is 1. The molecular formula is C19H10BrN3O5S. The first kappa shape index (κ1) is 17.8. The lowest BCUT2D eigenvalue weighted by atomic mass is 10.00. The van der Waals surface area contributed by atoms with Gasteiger partial charge >= 0.3 is 0 Å². The van der Waals surface area contributed by atoms with Crippen molar-refractivity contribution in [1.29, 1.82) is 0 Å². The number of Topliss-reactive ketones (excluding diaryl/α,β-unsaturated/α-hetero) is 1. The molecule has 1 aliphatic heterocycles. The van der Waals surface area contributed by atoms with Crippen molar-refractivity contribution in [2.24, 2.45) is 0 Å². The minimum absolute atomic E-state index is 0.00952. The second kappa shape index (κ2) is 6.68. The normalized spacial score (nSPS) is 16.9. The Hall–Kier alpha value is -3.24. The maximum atomic E-state index is 13.3. The molecule has 29 heavy (non-hydrogen) atoms. The highest BCUT2D eigenvalue weighted by atomic mass is 79.9. The Morgan fingerprint density at radius 1 is 1.21 bits per heavy atom.